The van der Waals surface area contributed by atoms with E-state index in [1.165, 1.54) is 0 Å². The molecule has 6 atom stereocenters. The van der Waals surface area contributed by atoms with Gasteiger partial charge in [0.25, 0.3) is 0 Å². The highest BCUT2D eigenvalue weighted by Gasteiger charge is 2.43. The number of aliphatic hydroxyl groups excluding tert-OH is 5. The maximum atomic E-state index is 9.68. The highest BCUT2D eigenvalue weighted by Crippen LogP contribution is 2.22. The Hall–Kier alpha value is -0.280. The highest BCUT2D eigenvalue weighted by atomic mass is 16.7. The standard InChI is InChI=1S/C12H24O7/c1-2-7(14)4-3-5-18-12-11(17)10(16)9(15)8(6-13)19-12/h7-17H,2-6H2,1H3/t7-,8-,9-,10+,11-,12-/m1/s1. The van der Waals surface area contributed by atoms with Gasteiger partial charge in [0.05, 0.1) is 12.7 Å². The molecule has 0 amide bonds. The van der Waals surface area contributed by atoms with Crippen LogP contribution >= 0.6 is 0 Å². The van der Waals surface area contributed by atoms with Crippen molar-refractivity contribution in [1.29, 1.82) is 0 Å². The molecule has 1 saturated heterocycles. The molecule has 1 heterocycles. The van der Waals surface area contributed by atoms with Crippen molar-refractivity contribution in [3.05, 3.63) is 0 Å². The smallest absolute Gasteiger partial charge is 0.186 e. The number of hydrogen-bond donors (Lipinski definition) is 5. The Labute approximate surface area is 112 Å². The van der Waals surface area contributed by atoms with Gasteiger partial charge in [0.2, 0.25) is 0 Å². The number of hydrogen-bond acceptors (Lipinski definition) is 7. The van der Waals surface area contributed by atoms with E-state index in [1.54, 1.807) is 0 Å². The fourth-order valence-corrected chi connectivity index (χ4v) is 1.93. The third-order valence-corrected chi connectivity index (χ3v) is 3.28. The minimum absolute atomic E-state index is 0.250. The second-order valence-corrected chi connectivity index (χ2v) is 4.77. The van der Waals surface area contributed by atoms with Gasteiger partial charge in [0, 0.05) is 6.61 Å². The molecule has 0 aliphatic carbocycles. The molecule has 1 rings (SSSR count). The molecule has 1 aliphatic heterocycles. The lowest BCUT2D eigenvalue weighted by Crippen LogP contribution is -2.59. The van der Waals surface area contributed by atoms with Gasteiger partial charge in [0.15, 0.2) is 6.29 Å². The molecule has 114 valence electrons. The number of aliphatic hydroxyl groups is 5. The zero-order chi connectivity index (χ0) is 14.4. The Balaban J connectivity index is 2.35. The average molecular weight is 280 g/mol. The Bertz CT molecular complexity index is 248. The molecule has 7 nitrogen and oxygen atoms in total. The van der Waals surface area contributed by atoms with Crippen LogP contribution in [0.4, 0.5) is 0 Å². The maximum absolute atomic E-state index is 9.68. The first-order valence-electron chi connectivity index (χ1n) is 6.61. The second-order valence-electron chi connectivity index (χ2n) is 4.77. The van der Waals surface area contributed by atoms with E-state index in [2.05, 4.69) is 0 Å². The van der Waals surface area contributed by atoms with Crippen molar-refractivity contribution in [2.24, 2.45) is 0 Å². The molecule has 0 saturated carbocycles. The van der Waals surface area contributed by atoms with Crippen LogP contribution in [0, 0.1) is 0 Å². The third-order valence-electron chi connectivity index (χ3n) is 3.28. The van der Waals surface area contributed by atoms with E-state index in [4.69, 9.17) is 14.6 Å². The zero-order valence-electron chi connectivity index (χ0n) is 11.1. The van der Waals surface area contributed by atoms with Gasteiger partial charge in [-0.2, -0.15) is 0 Å². The molecule has 19 heavy (non-hydrogen) atoms. The Morgan fingerprint density at radius 2 is 1.84 bits per heavy atom. The first-order chi connectivity index (χ1) is 9.01. The van der Waals surface area contributed by atoms with Crippen LogP contribution in [0.3, 0.4) is 0 Å². The van der Waals surface area contributed by atoms with Gasteiger partial charge in [-0.1, -0.05) is 6.92 Å². The molecule has 0 aromatic heterocycles. The molecule has 0 spiro atoms. The molecular weight excluding hydrogens is 256 g/mol. The van der Waals surface area contributed by atoms with E-state index in [0.29, 0.717) is 19.3 Å². The fraction of sp³-hybridized carbons (Fsp3) is 1.00. The summed E-state index contributed by atoms with van der Waals surface area (Å²) in [7, 11) is 0. The Morgan fingerprint density at radius 3 is 2.42 bits per heavy atom. The molecule has 1 aliphatic rings. The van der Waals surface area contributed by atoms with Crippen LogP contribution in [0.15, 0.2) is 0 Å². The van der Waals surface area contributed by atoms with Crippen LogP contribution < -0.4 is 0 Å². The normalized spacial score (nSPS) is 37.3. The SMILES string of the molecule is CC[C@@H](O)CCCO[C@@H]1O[C@H](CO)[C@@H](O)[C@H](O)[C@H]1O. The molecule has 1 fully saturated rings. The van der Waals surface area contributed by atoms with Gasteiger partial charge >= 0.3 is 0 Å². The van der Waals surface area contributed by atoms with Gasteiger partial charge in [-0.05, 0) is 19.3 Å². The van der Waals surface area contributed by atoms with Gasteiger partial charge in [-0.25, -0.2) is 0 Å². The van der Waals surface area contributed by atoms with Crippen molar-refractivity contribution in [1.82, 2.24) is 0 Å². The molecular formula is C12H24O7. The van der Waals surface area contributed by atoms with E-state index >= 15 is 0 Å². The Morgan fingerprint density at radius 1 is 1.16 bits per heavy atom. The monoisotopic (exact) mass is 280 g/mol. The minimum Gasteiger partial charge on any atom is -0.394 e. The van der Waals surface area contributed by atoms with E-state index in [1.807, 2.05) is 6.92 Å². The molecule has 0 radical (unpaired) electrons. The van der Waals surface area contributed by atoms with Gasteiger partial charge in [-0.15, -0.1) is 0 Å². The molecule has 0 aromatic carbocycles. The molecule has 7 heteroatoms. The van der Waals surface area contributed by atoms with Gasteiger partial charge in [-0.3, -0.25) is 0 Å². The molecule has 0 unspecified atom stereocenters. The highest BCUT2D eigenvalue weighted by molar-refractivity contribution is 4.88. The lowest BCUT2D eigenvalue weighted by atomic mass is 9.99. The Kier molecular flexibility index (Phi) is 7.16. The second kappa shape index (κ2) is 8.11. The fourth-order valence-electron chi connectivity index (χ4n) is 1.93. The van der Waals surface area contributed by atoms with Crippen LogP contribution in [-0.2, 0) is 9.47 Å². The summed E-state index contributed by atoms with van der Waals surface area (Å²) in [6, 6.07) is 0. The topological polar surface area (TPSA) is 120 Å². The summed E-state index contributed by atoms with van der Waals surface area (Å²) >= 11 is 0. The van der Waals surface area contributed by atoms with Crippen molar-refractivity contribution >= 4 is 0 Å². The van der Waals surface area contributed by atoms with Crippen molar-refractivity contribution in [2.45, 2.75) is 63.0 Å². The molecule has 5 N–H and O–H groups in total. The lowest BCUT2D eigenvalue weighted by Gasteiger charge is -2.39. The van der Waals surface area contributed by atoms with Gasteiger partial charge < -0.3 is 35.0 Å². The van der Waals surface area contributed by atoms with Crippen molar-refractivity contribution in [2.75, 3.05) is 13.2 Å². The van der Waals surface area contributed by atoms with E-state index in [-0.39, 0.29) is 12.7 Å². The van der Waals surface area contributed by atoms with Crippen molar-refractivity contribution < 1.29 is 35.0 Å². The molecule has 0 aromatic rings. The predicted molar refractivity (Wildman–Crippen MR) is 65.3 cm³/mol. The van der Waals surface area contributed by atoms with E-state index in [9.17, 15) is 20.4 Å². The quantitative estimate of drug-likeness (QED) is 0.355. The van der Waals surface area contributed by atoms with E-state index < -0.39 is 37.3 Å². The number of ether oxygens (including phenoxy) is 2. The van der Waals surface area contributed by atoms with Crippen LogP contribution in [0.25, 0.3) is 0 Å². The summed E-state index contributed by atoms with van der Waals surface area (Å²) in [6.45, 7) is 1.65. The van der Waals surface area contributed by atoms with E-state index in [0.717, 1.165) is 0 Å². The summed E-state index contributed by atoms with van der Waals surface area (Å²) < 4.78 is 10.4. The first kappa shape index (κ1) is 16.8. The summed E-state index contributed by atoms with van der Waals surface area (Å²) in [5, 5.41) is 47.1. The van der Waals surface area contributed by atoms with Crippen molar-refractivity contribution in [3.8, 4) is 0 Å². The summed E-state index contributed by atoms with van der Waals surface area (Å²) in [4.78, 5) is 0. The predicted octanol–water partition coefficient (Wildman–Crippen LogP) is -1.65. The first-order valence-corrected chi connectivity index (χ1v) is 6.61. The summed E-state index contributed by atoms with van der Waals surface area (Å²) in [6.07, 6.45) is -4.75. The third kappa shape index (κ3) is 4.64. The summed E-state index contributed by atoms with van der Waals surface area (Å²) in [5.74, 6) is 0. The zero-order valence-corrected chi connectivity index (χ0v) is 11.1. The summed E-state index contributed by atoms with van der Waals surface area (Å²) in [5.41, 5.74) is 0. The minimum atomic E-state index is -1.42. The van der Waals surface area contributed by atoms with Crippen molar-refractivity contribution in [3.63, 3.8) is 0 Å². The van der Waals surface area contributed by atoms with Crippen LogP contribution in [-0.4, -0.2) is 75.6 Å². The van der Waals surface area contributed by atoms with Gasteiger partial charge in [0.1, 0.15) is 24.4 Å². The maximum Gasteiger partial charge on any atom is 0.186 e. The molecule has 0 bridgehead atoms. The van der Waals surface area contributed by atoms with Crippen LogP contribution in [0.1, 0.15) is 26.2 Å². The lowest BCUT2D eigenvalue weighted by molar-refractivity contribution is -0.301. The number of rotatable bonds is 7. The average Bonchev–Trinajstić information content (AvgIpc) is 2.42. The largest absolute Gasteiger partial charge is 0.394 e. The van der Waals surface area contributed by atoms with Crippen LogP contribution in [0.2, 0.25) is 0 Å². The van der Waals surface area contributed by atoms with Crippen LogP contribution in [0.5, 0.6) is 0 Å².